The highest BCUT2D eigenvalue weighted by molar-refractivity contribution is 5.89. The van der Waals surface area contributed by atoms with Crippen molar-refractivity contribution >= 4 is 5.91 Å². The number of hydrogen-bond acceptors (Lipinski definition) is 4. The van der Waals surface area contributed by atoms with Crippen LogP contribution in [-0.4, -0.2) is 40.0 Å². The SMILES string of the molecule is CCOC1CC(N)(C(=O)NC(C)Cn2cccn2)C1(C)C. The van der Waals surface area contributed by atoms with Gasteiger partial charge in [0.2, 0.25) is 5.91 Å². The molecule has 1 aliphatic carbocycles. The summed E-state index contributed by atoms with van der Waals surface area (Å²) in [5.74, 6) is -0.108. The Morgan fingerprint density at radius 1 is 1.62 bits per heavy atom. The third-order valence-corrected chi connectivity index (χ3v) is 4.63. The number of carbonyl (C=O) groups is 1. The highest BCUT2D eigenvalue weighted by Crippen LogP contribution is 2.49. The Balaban J connectivity index is 1.94. The second-order valence-corrected chi connectivity index (χ2v) is 6.44. The van der Waals surface area contributed by atoms with Gasteiger partial charge in [-0.3, -0.25) is 9.48 Å². The summed E-state index contributed by atoms with van der Waals surface area (Å²) in [6.45, 7) is 9.17. The molecule has 0 radical (unpaired) electrons. The molecule has 6 heteroatoms. The maximum Gasteiger partial charge on any atom is 0.241 e. The number of amides is 1. The molecule has 1 aromatic heterocycles. The predicted molar refractivity (Wildman–Crippen MR) is 80.6 cm³/mol. The van der Waals surface area contributed by atoms with Gasteiger partial charge in [-0.1, -0.05) is 13.8 Å². The lowest BCUT2D eigenvalue weighted by Crippen LogP contribution is -2.76. The first-order valence-corrected chi connectivity index (χ1v) is 7.50. The maximum atomic E-state index is 12.5. The van der Waals surface area contributed by atoms with Gasteiger partial charge in [0.25, 0.3) is 0 Å². The molecular formula is C15H26N4O2. The van der Waals surface area contributed by atoms with Crippen molar-refractivity contribution in [3.63, 3.8) is 0 Å². The van der Waals surface area contributed by atoms with E-state index in [1.807, 2.05) is 40.0 Å². The molecule has 0 aromatic carbocycles. The number of hydrogen-bond donors (Lipinski definition) is 2. The Hall–Kier alpha value is -1.40. The van der Waals surface area contributed by atoms with Gasteiger partial charge in [0.15, 0.2) is 0 Å². The summed E-state index contributed by atoms with van der Waals surface area (Å²) in [5.41, 5.74) is 5.12. The first-order valence-electron chi connectivity index (χ1n) is 7.50. The van der Waals surface area contributed by atoms with E-state index in [0.717, 1.165) is 0 Å². The predicted octanol–water partition coefficient (Wildman–Crippen LogP) is 0.920. The molecule has 0 spiro atoms. The fraction of sp³-hybridized carbons (Fsp3) is 0.733. The fourth-order valence-corrected chi connectivity index (χ4v) is 2.91. The van der Waals surface area contributed by atoms with Crippen molar-refractivity contribution in [1.82, 2.24) is 15.1 Å². The van der Waals surface area contributed by atoms with E-state index in [1.165, 1.54) is 0 Å². The molecule has 1 amide bonds. The zero-order valence-corrected chi connectivity index (χ0v) is 13.3. The molecule has 3 unspecified atom stereocenters. The van der Waals surface area contributed by atoms with Gasteiger partial charge in [0.05, 0.1) is 12.6 Å². The summed E-state index contributed by atoms with van der Waals surface area (Å²) in [7, 11) is 0. The monoisotopic (exact) mass is 294 g/mol. The van der Waals surface area contributed by atoms with Gasteiger partial charge in [0, 0.05) is 36.9 Å². The summed E-state index contributed by atoms with van der Waals surface area (Å²) in [5, 5.41) is 7.14. The third-order valence-electron chi connectivity index (χ3n) is 4.63. The molecule has 2 rings (SSSR count). The van der Waals surface area contributed by atoms with Crippen molar-refractivity contribution in [3.05, 3.63) is 18.5 Å². The van der Waals surface area contributed by atoms with Gasteiger partial charge in [-0.2, -0.15) is 5.10 Å². The van der Waals surface area contributed by atoms with E-state index in [0.29, 0.717) is 19.6 Å². The first-order chi connectivity index (χ1) is 9.81. The second kappa shape index (κ2) is 5.77. The number of rotatable bonds is 6. The Bertz CT molecular complexity index is 486. The average Bonchev–Trinajstić information content (AvgIpc) is 2.90. The van der Waals surface area contributed by atoms with E-state index < -0.39 is 5.54 Å². The molecule has 3 atom stereocenters. The molecule has 6 nitrogen and oxygen atoms in total. The van der Waals surface area contributed by atoms with E-state index in [4.69, 9.17) is 10.5 Å². The van der Waals surface area contributed by atoms with Crippen molar-refractivity contribution in [3.8, 4) is 0 Å². The molecule has 21 heavy (non-hydrogen) atoms. The van der Waals surface area contributed by atoms with E-state index in [9.17, 15) is 4.79 Å². The molecule has 1 saturated carbocycles. The summed E-state index contributed by atoms with van der Waals surface area (Å²) < 4.78 is 7.45. The summed E-state index contributed by atoms with van der Waals surface area (Å²) in [6.07, 6.45) is 4.20. The van der Waals surface area contributed by atoms with Gasteiger partial charge in [-0.05, 0) is 19.9 Å². The normalized spacial score (nSPS) is 28.7. The molecule has 3 N–H and O–H groups in total. The number of nitrogens with zero attached hydrogens (tertiary/aromatic N) is 2. The lowest BCUT2D eigenvalue weighted by Gasteiger charge is -2.57. The largest absolute Gasteiger partial charge is 0.378 e. The van der Waals surface area contributed by atoms with Crippen LogP contribution in [0.4, 0.5) is 0 Å². The molecule has 1 aromatic rings. The van der Waals surface area contributed by atoms with E-state index >= 15 is 0 Å². The van der Waals surface area contributed by atoms with Crippen LogP contribution in [-0.2, 0) is 16.1 Å². The van der Waals surface area contributed by atoms with Crippen LogP contribution in [0.25, 0.3) is 0 Å². The molecule has 1 fully saturated rings. The maximum absolute atomic E-state index is 12.5. The lowest BCUT2D eigenvalue weighted by atomic mass is 9.54. The Morgan fingerprint density at radius 3 is 2.86 bits per heavy atom. The minimum atomic E-state index is -0.870. The number of carbonyl (C=O) groups excluding carboxylic acids is 1. The van der Waals surface area contributed by atoms with Crippen molar-refractivity contribution in [2.75, 3.05) is 6.61 Å². The van der Waals surface area contributed by atoms with Crippen molar-refractivity contribution in [2.45, 2.75) is 58.3 Å². The zero-order chi connectivity index (χ0) is 15.7. The number of nitrogens with two attached hydrogens (primary N) is 1. The van der Waals surface area contributed by atoms with Crippen LogP contribution in [0.1, 0.15) is 34.1 Å². The van der Waals surface area contributed by atoms with Crippen LogP contribution in [0, 0.1) is 5.41 Å². The topological polar surface area (TPSA) is 82.2 Å². The Morgan fingerprint density at radius 2 is 2.33 bits per heavy atom. The molecule has 0 aliphatic heterocycles. The highest BCUT2D eigenvalue weighted by atomic mass is 16.5. The van der Waals surface area contributed by atoms with Gasteiger partial charge in [-0.25, -0.2) is 0 Å². The highest BCUT2D eigenvalue weighted by Gasteiger charge is 2.62. The van der Waals surface area contributed by atoms with Crippen LogP contribution in [0.5, 0.6) is 0 Å². The number of ether oxygens (including phenoxy) is 1. The van der Waals surface area contributed by atoms with Gasteiger partial charge < -0.3 is 15.8 Å². The van der Waals surface area contributed by atoms with E-state index in [1.54, 1.807) is 10.9 Å². The first kappa shape index (κ1) is 16.0. The summed E-state index contributed by atoms with van der Waals surface area (Å²) >= 11 is 0. The van der Waals surface area contributed by atoms with Crippen LogP contribution < -0.4 is 11.1 Å². The second-order valence-electron chi connectivity index (χ2n) is 6.44. The minimum absolute atomic E-state index is 0.0280. The van der Waals surface area contributed by atoms with Crippen LogP contribution in [0.2, 0.25) is 0 Å². The summed E-state index contributed by atoms with van der Waals surface area (Å²) in [4.78, 5) is 12.5. The van der Waals surface area contributed by atoms with Crippen molar-refractivity contribution in [1.29, 1.82) is 0 Å². The molecule has 0 bridgehead atoms. The minimum Gasteiger partial charge on any atom is -0.378 e. The van der Waals surface area contributed by atoms with E-state index in [2.05, 4.69) is 10.4 Å². The molecule has 1 heterocycles. The fourth-order valence-electron chi connectivity index (χ4n) is 2.91. The van der Waals surface area contributed by atoms with Crippen LogP contribution >= 0.6 is 0 Å². The molecule has 1 aliphatic rings. The van der Waals surface area contributed by atoms with Crippen LogP contribution in [0.3, 0.4) is 0 Å². The Labute approximate surface area is 126 Å². The van der Waals surface area contributed by atoms with Crippen molar-refractivity contribution in [2.24, 2.45) is 11.1 Å². The van der Waals surface area contributed by atoms with Gasteiger partial charge in [-0.15, -0.1) is 0 Å². The summed E-state index contributed by atoms with van der Waals surface area (Å²) in [6, 6.07) is 1.83. The molecule has 0 saturated heterocycles. The smallest absolute Gasteiger partial charge is 0.241 e. The average molecular weight is 294 g/mol. The van der Waals surface area contributed by atoms with E-state index in [-0.39, 0.29) is 23.5 Å². The Kier molecular flexibility index (Phi) is 4.39. The molecular weight excluding hydrogens is 268 g/mol. The molecule has 118 valence electrons. The van der Waals surface area contributed by atoms with Crippen LogP contribution in [0.15, 0.2) is 18.5 Å². The van der Waals surface area contributed by atoms with Gasteiger partial charge >= 0.3 is 0 Å². The zero-order valence-electron chi connectivity index (χ0n) is 13.3. The van der Waals surface area contributed by atoms with Gasteiger partial charge in [0.1, 0.15) is 5.54 Å². The third kappa shape index (κ3) is 2.82. The number of aromatic nitrogens is 2. The standard InChI is InChI=1S/C15H26N4O2/c1-5-21-12-9-15(16,14(12,3)4)13(20)18-11(2)10-19-8-6-7-17-19/h6-8,11-12H,5,9-10,16H2,1-4H3,(H,18,20). The lowest BCUT2D eigenvalue weighted by molar-refractivity contribution is -0.171. The number of nitrogens with one attached hydrogen (secondary N) is 1. The quantitative estimate of drug-likeness (QED) is 0.817. The van der Waals surface area contributed by atoms with Crippen molar-refractivity contribution < 1.29 is 9.53 Å².